The lowest BCUT2D eigenvalue weighted by atomic mass is 9.50. The van der Waals surface area contributed by atoms with Crippen molar-refractivity contribution in [2.24, 2.45) is 17.6 Å². The van der Waals surface area contributed by atoms with E-state index in [9.17, 15) is 4.79 Å². The molecule has 16 heavy (non-hydrogen) atoms. The molecule has 2 bridgehead atoms. The normalized spacial score (nSPS) is 39.4. The van der Waals surface area contributed by atoms with Gasteiger partial charge in [0.15, 0.2) is 0 Å². The molecule has 0 aromatic heterocycles. The number of nitrogens with two attached hydrogens (primary N) is 1. The molecule has 3 N–H and O–H groups in total. The fraction of sp³-hybridized carbons (Fsp3) is 0.923. The van der Waals surface area contributed by atoms with E-state index < -0.39 is 0 Å². The lowest BCUT2D eigenvalue weighted by molar-refractivity contribution is -0.135. The van der Waals surface area contributed by atoms with Gasteiger partial charge in [0, 0.05) is 5.54 Å². The molecule has 3 nitrogen and oxygen atoms in total. The van der Waals surface area contributed by atoms with Crippen LogP contribution in [0.25, 0.3) is 0 Å². The Morgan fingerprint density at radius 1 is 1.19 bits per heavy atom. The Bertz CT molecular complexity index is 279. The van der Waals surface area contributed by atoms with Crippen LogP contribution in [0.1, 0.15) is 51.4 Å². The Balaban J connectivity index is 1.52. The van der Waals surface area contributed by atoms with Crippen molar-refractivity contribution in [2.75, 3.05) is 0 Å². The highest BCUT2D eigenvalue weighted by Crippen LogP contribution is 2.56. The summed E-state index contributed by atoms with van der Waals surface area (Å²) in [6.45, 7) is 0. The van der Waals surface area contributed by atoms with Crippen molar-refractivity contribution in [1.82, 2.24) is 5.32 Å². The highest BCUT2D eigenvalue weighted by Gasteiger charge is 2.57. The molecular formula is C13H22N2O. The molecule has 0 saturated heterocycles. The van der Waals surface area contributed by atoms with Crippen LogP contribution in [-0.4, -0.2) is 17.5 Å². The Hall–Kier alpha value is -0.570. The zero-order valence-corrected chi connectivity index (χ0v) is 9.87. The molecule has 4 saturated carbocycles. The smallest absolute Gasteiger partial charge is 0.237 e. The number of hydrogen-bond acceptors (Lipinski definition) is 2. The van der Waals surface area contributed by atoms with Crippen LogP contribution < -0.4 is 11.1 Å². The van der Waals surface area contributed by atoms with E-state index in [1.165, 1.54) is 38.5 Å². The van der Waals surface area contributed by atoms with E-state index in [1.807, 2.05) is 0 Å². The molecule has 4 aliphatic carbocycles. The first kappa shape index (κ1) is 10.6. The quantitative estimate of drug-likeness (QED) is 0.761. The van der Waals surface area contributed by atoms with Gasteiger partial charge < -0.3 is 11.1 Å². The Morgan fingerprint density at radius 3 is 2.31 bits per heavy atom. The molecule has 0 aliphatic heterocycles. The molecule has 4 aliphatic rings. The summed E-state index contributed by atoms with van der Waals surface area (Å²) >= 11 is 0. The fourth-order valence-corrected chi connectivity index (χ4v) is 3.68. The maximum atomic E-state index is 12.0. The standard InChI is InChI=1S/C13H22N2O/c14-11(10-4-2-1-3-5-10)12(16)15-13-6-9(7-13)8-13/h9-11H,1-8,14H2,(H,15,16)/t9?,11-,13?/m1/s1. The van der Waals surface area contributed by atoms with Crippen molar-refractivity contribution < 1.29 is 4.79 Å². The van der Waals surface area contributed by atoms with Gasteiger partial charge in [0.05, 0.1) is 6.04 Å². The van der Waals surface area contributed by atoms with E-state index in [4.69, 9.17) is 5.73 Å². The topological polar surface area (TPSA) is 55.1 Å². The minimum atomic E-state index is -0.255. The van der Waals surface area contributed by atoms with Crippen molar-refractivity contribution in [3.05, 3.63) is 0 Å². The van der Waals surface area contributed by atoms with Crippen molar-refractivity contribution in [2.45, 2.75) is 62.9 Å². The SMILES string of the molecule is N[C@@H](C(=O)NC12CC(C1)C2)C1CCCCC1. The van der Waals surface area contributed by atoms with Crippen LogP contribution in [0.15, 0.2) is 0 Å². The minimum absolute atomic E-state index is 0.116. The zero-order valence-electron chi connectivity index (χ0n) is 9.87. The maximum absolute atomic E-state index is 12.0. The summed E-state index contributed by atoms with van der Waals surface area (Å²) in [7, 11) is 0. The van der Waals surface area contributed by atoms with Gasteiger partial charge in [-0.1, -0.05) is 19.3 Å². The molecule has 4 fully saturated rings. The molecule has 1 atom stereocenters. The predicted molar refractivity (Wildman–Crippen MR) is 62.8 cm³/mol. The summed E-state index contributed by atoms with van der Waals surface area (Å²) < 4.78 is 0. The predicted octanol–water partition coefficient (Wildman–Crippen LogP) is 1.56. The van der Waals surface area contributed by atoms with E-state index in [2.05, 4.69) is 5.32 Å². The lowest BCUT2D eigenvalue weighted by Crippen LogP contribution is -2.70. The first-order chi connectivity index (χ1) is 7.69. The van der Waals surface area contributed by atoms with Crippen LogP contribution >= 0.6 is 0 Å². The molecule has 0 unspecified atom stereocenters. The second-order valence-electron chi connectivity index (χ2n) is 6.17. The fourth-order valence-electron chi connectivity index (χ4n) is 3.68. The Labute approximate surface area is 97.2 Å². The van der Waals surface area contributed by atoms with Crippen molar-refractivity contribution >= 4 is 5.91 Å². The number of carbonyl (C=O) groups is 1. The van der Waals surface area contributed by atoms with E-state index in [1.54, 1.807) is 0 Å². The van der Waals surface area contributed by atoms with Gasteiger partial charge in [-0.3, -0.25) is 4.79 Å². The molecule has 0 aromatic rings. The Kier molecular flexibility index (Phi) is 2.46. The van der Waals surface area contributed by atoms with Crippen LogP contribution in [0.3, 0.4) is 0 Å². The number of amides is 1. The maximum Gasteiger partial charge on any atom is 0.237 e. The van der Waals surface area contributed by atoms with Crippen LogP contribution in [0.5, 0.6) is 0 Å². The summed E-state index contributed by atoms with van der Waals surface area (Å²) in [4.78, 5) is 12.0. The average Bonchev–Trinajstić information content (AvgIpc) is 2.21. The van der Waals surface area contributed by atoms with Crippen LogP contribution in [0.4, 0.5) is 0 Å². The van der Waals surface area contributed by atoms with Gasteiger partial charge in [0.2, 0.25) is 5.91 Å². The first-order valence-corrected chi connectivity index (χ1v) is 6.76. The average molecular weight is 222 g/mol. The third-order valence-corrected chi connectivity index (χ3v) is 4.89. The van der Waals surface area contributed by atoms with Gasteiger partial charge in [0.25, 0.3) is 0 Å². The molecular weight excluding hydrogens is 200 g/mol. The molecule has 3 heteroatoms. The molecule has 90 valence electrons. The summed E-state index contributed by atoms with van der Waals surface area (Å²) in [5.74, 6) is 1.46. The highest BCUT2D eigenvalue weighted by atomic mass is 16.2. The largest absolute Gasteiger partial charge is 0.349 e. The summed E-state index contributed by atoms with van der Waals surface area (Å²) in [6, 6.07) is -0.255. The van der Waals surface area contributed by atoms with Crippen LogP contribution in [-0.2, 0) is 4.79 Å². The van der Waals surface area contributed by atoms with Gasteiger partial charge in [-0.25, -0.2) is 0 Å². The molecule has 1 amide bonds. The van der Waals surface area contributed by atoms with E-state index in [0.29, 0.717) is 5.92 Å². The molecule has 0 spiro atoms. The van der Waals surface area contributed by atoms with E-state index >= 15 is 0 Å². The van der Waals surface area contributed by atoms with Crippen LogP contribution in [0, 0.1) is 11.8 Å². The second-order valence-corrected chi connectivity index (χ2v) is 6.17. The summed E-state index contributed by atoms with van der Waals surface area (Å²) in [6.07, 6.45) is 9.71. The Morgan fingerprint density at radius 2 is 1.81 bits per heavy atom. The summed E-state index contributed by atoms with van der Waals surface area (Å²) in [5, 5.41) is 3.19. The number of rotatable bonds is 3. The van der Waals surface area contributed by atoms with Gasteiger partial charge in [-0.05, 0) is 43.9 Å². The van der Waals surface area contributed by atoms with E-state index in [0.717, 1.165) is 18.8 Å². The molecule has 0 heterocycles. The van der Waals surface area contributed by atoms with Crippen molar-refractivity contribution in [1.29, 1.82) is 0 Å². The zero-order chi connectivity index (χ0) is 11.2. The van der Waals surface area contributed by atoms with Gasteiger partial charge in [-0.2, -0.15) is 0 Å². The van der Waals surface area contributed by atoms with E-state index in [-0.39, 0.29) is 17.5 Å². The van der Waals surface area contributed by atoms with Gasteiger partial charge >= 0.3 is 0 Å². The number of hydrogen-bond donors (Lipinski definition) is 2. The molecule has 0 aromatic carbocycles. The number of carbonyl (C=O) groups excluding carboxylic acids is 1. The van der Waals surface area contributed by atoms with Gasteiger partial charge in [0.1, 0.15) is 0 Å². The summed E-state index contributed by atoms with van der Waals surface area (Å²) in [5.41, 5.74) is 6.27. The third-order valence-electron chi connectivity index (χ3n) is 4.89. The minimum Gasteiger partial charge on any atom is -0.349 e. The molecule has 0 radical (unpaired) electrons. The highest BCUT2D eigenvalue weighted by molar-refractivity contribution is 5.83. The third kappa shape index (κ3) is 1.65. The van der Waals surface area contributed by atoms with Gasteiger partial charge in [-0.15, -0.1) is 0 Å². The lowest BCUT2D eigenvalue weighted by Gasteiger charge is -2.62. The molecule has 4 rings (SSSR count). The monoisotopic (exact) mass is 222 g/mol. The van der Waals surface area contributed by atoms with Crippen molar-refractivity contribution in [3.8, 4) is 0 Å². The van der Waals surface area contributed by atoms with Crippen molar-refractivity contribution in [3.63, 3.8) is 0 Å². The number of nitrogens with one attached hydrogen (secondary N) is 1. The first-order valence-electron chi connectivity index (χ1n) is 6.76. The second kappa shape index (κ2) is 3.73. The van der Waals surface area contributed by atoms with Crippen LogP contribution in [0.2, 0.25) is 0 Å².